The second-order valence-corrected chi connectivity index (χ2v) is 4.26. The molecule has 3 unspecified atom stereocenters. The zero-order chi connectivity index (χ0) is 17.5. The fourth-order valence-corrected chi connectivity index (χ4v) is 2.08. The molecule has 1 heterocycles. The minimum Gasteiger partial charge on any atom is -0.400 e. The van der Waals surface area contributed by atoms with Gasteiger partial charge in [0.15, 0.2) is 0 Å². The van der Waals surface area contributed by atoms with Gasteiger partial charge in [-0.2, -0.15) is 0 Å². The van der Waals surface area contributed by atoms with E-state index in [1.54, 1.807) is 7.11 Å². The van der Waals surface area contributed by atoms with E-state index in [4.69, 9.17) is 14.6 Å². The average Bonchev–Trinajstić information content (AvgIpc) is 2.92. The number of hydrogen-bond acceptors (Lipinski definition) is 5. The molecule has 0 aliphatic carbocycles. The van der Waals surface area contributed by atoms with Crippen LogP contribution < -0.4 is 5.32 Å². The molecule has 0 aromatic rings. The van der Waals surface area contributed by atoms with E-state index in [1.165, 1.54) is 24.2 Å². The number of rotatable bonds is 5. The van der Waals surface area contributed by atoms with E-state index >= 15 is 0 Å². The van der Waals surface area contributed by atoms with Crippen molar-refractivity contribution in [3.63, 3.8) is 0 Å². The summed E-state index contributed by atoms with van der Waals surface area (Å²) < 4.78 is 10.8. The topological polar surface area (TPSA) is 88.1 Å². The summed E-state index contributed by atoms with van der Waals surface area (Å²) in [4.78, 5) is 23.5. The van der Waals surface area contributed by atoms with Crippen molar-refractivity contribution in [2.24, 2.45) is 5.92 Å². The van der Waals surface area contributed by atoms with Gasteiger partial charge < -0.3 is 19.9 Å². The summed E-state index contributed by atoms with van der Waals surface area (Å²) >= 11 is 0. The summed E-state index contributed by atoms with van der Waals surface area (Å²) in [5, 5.41) is 9.53. The number of nitrogens with zero attached hydrogens (tertiary/aromatic N) is 1. The van der Waals surface area contributed by atoms with Crippen LogP contribution in [0.5, 0.6) is 0 Å². The van der Waals surface area contributed by atoms with Crippen LogP contribution in [0.1, 0.15) is 27.2 Å². The van der Waals surface area contributed by atoms with Gasteiger partial charge in [0.25, 0.3) is 0 Å². The van der Waals surface area contributed by atoms with Gasteiger partial charge in [-0.15, -0.1) is 0 Å². The molecule has 3 atom stereocenters. The summed E-state index contributed by atoms with van der Waals surface area (Å²) in [5.41, 5.74) is 0. The number of aliphatic hydroxyl groups is 1. The third-order valence-corrected chi connectivity index (χ3v) is 2.85. The Morgan fingerprint density at radius 1 is 1.45 bits per heavy atom. The van der Waals surface area contributed by atoms with Crippen LogP contribution in [0.15, 0.2) is 12.3 Å². The molecule has 0 spiro atoms. The van der Waals surface area contributed by atoms with E-state index < -0.39 is 0 Å². The van der Waals surface area contributed by atoms with Crippen LogP contribution in [0.4, 0.5) is 4.79 Å². The fourth-order valence-electron chi connectivity index (χ4n) is 2.08. The molecule has 1 fully saturated rings. The molecule has 1 aliphatic heterocycles. The van der Waals surface area contributed by atoms with Gasteiger partial charge in [-0.25, -0.2) is 4.79 Å². The van der Waals surface area contributed by atoms with Crippen LogP contribution >= 0.6 is 0 Å². The van der Waals surface area contributed by atoms with Gasteiger partial charge in [0.05, 0.1) is 12.7 Å². The molecule has 0 bridgehead atoms. The van der Waals surface area contributed by atoms with Crippen LogP contribution in [0.25, 0.3) is 0 Å². The number of carbonyl (C=O) groups is 2. The summed E-state index contributed by atoms with van der Waals surface area (Å²) in [6.45, 7) is 6.50. The highest BCUT2D eigenvalue weighted by atomic mass is 16.5. The van der Waals surface area contributed by atoms with Gasteiger partial charge in [-0.1, -0.05) is 20.8 Å². The van der Waals surface area contributed by atoms with E-state index in [1.807, 2.05) is 20.8 Å². The monoisotopic (exact) mass is 318 g/mol. The van der Waals surface area contributed by atoms with Crippen molar-refractivity contribution in [2.75, 3.05) is 27.9 Å². The third kappa shape index (κ3) is 7.53. The van der Waals surface area contributed by atoms with E-state index in [2.05, 4.69) is 5.32 Å². The summed E-state index contributed by atoms with van der Waals surface area (Å²) in [6, 6.07) is -0.303. The third-order valence-electron chi connectivity index (χ3n) is 2.85. The van der Waals surface area contributed by atoms with E-state index in [9.17, 15) is 9.59 Å². The number of allylic oxidation sites excluding steroid dienone is 1. The van der Waals surface area contributed by atoms with E-state index in [0.29, 0.717) is 12.9 Å². The maximum Gasteiger partial charge on any atom is 0.323 e. The molecule has 0 aromatic heterocycles. The number of amides is 2. The SMILES string of the molecule is CC.CNC(=O)N(/C=C\C=O)C1OC(COC)CC1C.CO. The molecule has 0 aromatic carbocycles. The summed E-state index contributed by atoms with van der Waals surface area (Å²) in [5.74, 6) is 0.179. The number of methoxy groups -OCH3 is 1. The van der Waals surface area contributed by atoms with Crippen molar-refractivity contribution in [1.82, 2.24) is 10.2 Å². The van der Waals surface area contributed by atoms with Crippen molar-refractivity contribution >= 4 is 12.3 Å². The average molecular weight is 318 g/mol. The summed E-state index contributed by atoms with van der Waals surface area (Å²) in [6.07, 6.45) is 3.76. The second-order valence-electron chi connectivity index (χ2n) is 4.26. The molecule has 0 radical (unpaired) electrons. The van der Waals surface area contributed by atoms with Crippen molar-refractivity contribution in [2.45, 2.75) is 39.5 Å². The minimum absolute atomic E-state index is 0.0215. The van der Waals surface area contributed by atoms with Crippen molar-refractivity contribution in [3.05, 3.63) is 12.3 Å². The zero-order valence-electron chi connectivity index (χ0n) is 14.4. The van der Waals surface area contributed by atoms with Crippen LogP contribution in [0.2, 0.25) is 0 Å². The lowest BCUT2D eigenvalue weighted by atomic mass is 10.1. The fraction of sp³-hybridized carbons (Fsp3) is 0.733. The molecular formula is C15H30N2O5. The van der Waals surface area contributed by atoms with Crippen LogP contribution in [0.3, 0.4) is 0 Å². The van der Waals surface area contributed by atoms with Gasteiger partial charge in [0.1, 0.15) is 12.5 Å². The summed E-state index contributed by atoms with van der Waals surface area (Å²) in [7, 11) is 4.15. The maximum atomic E-state index is 11.8. The largest absolute Gasteiger partial charge is 0.400 e. The molecule has 2 amide bonds. The number of carbonyl (C=O) groups excluding carboxylic acids is 2. The Kier molecular flexibility index (Phi) is 15.0. The highest BCUT2D eigenvalue weighted by Gasteiger charge is 2.37. The quantitative estimate of drug-likeness (QED) is 0.590. The Bertz CT molecular complexity index is 323. The van der Waals surface area contributed by atoms with Crippen molar-refractivity contribution < 1.29 is 24.2 Å². The lowest BCUT2D eigenvalue weighted by Gasteiger charge is -2.27. The molecule has 22 heavy (non-hydrogen) atoms. The van der Waals surface area contributed by atoms with Crippen LogP contribution in [0, 0.1) is 5.92 Å². The highest BCUT2D eigenvalue weighted by molar-refractivity contribution is 5.76. The lowest BCUT2D eigenvalue weighted by molar-refractivity contribution is -0.104. The molecule has 2 N–H and O–H groups in total. The van der Waals surface area contributed by atoms with Gasteiger partial charge in [-0.05, 0) is 12.5 Å². The van der Waals surface area contributed by atoms with Gasteiger partial charge in [0, 0.05) is 33.4 Å². The Hall–Kier alpha value is -1.44. The standard InChI is InChI=1S/C12H20N2O4.C2H6.CH4O/c1-9-7-10(8-17-3)18-11(9)14(5-4-6-15)12(16)13-2;2*1-2/h4-6,9-11H,7-8H2,1-3H3,(H,13,16);1-2H3;2H,1H3/b5-4-;;. The van der Waals surface area contributed by atoms with Gasteiger partial charge in [-0.3, -0.25) is 9.69 Å². The number of nitrogens with one attached hydrogen (secondary N) is 1. The molecular weight excluding hydrogens is 288 g/mol. The first-order chi connectivity index (χ1) is 10.6. The molecule has 1 saturated heterocycles. The Labute approximate surface area is 133 Å². The number of aliphatic hydroxyl groups excluding tert-OH is 1. The van der Waals surface area contributed by atoms with Crippen LogP contribution in [-0.4, -0.2) is 62.5 Å². The van der Waals surface area contributed by atoms with Gasteiger partial charge >= 0.3 is 6.03 Å². The van der Waals surface area contributed by atoms with E-state index in [-0.39, 0.29) is 24.3 Å². The highest BCUT2D eigenvalue weighted by Crippen LogP contribution is 2.29. The lowest BCUT2D eigenvalue weighted by Crippen LogP contribution is -2.44. The predicted molar refractivity (Wildman–Crippen MR) is 85.3 cm³/mol. The normalized spacial score (nSPS) is 23.0. The van der Waals surface area contributed by atoms with Gasteiger partial charge in [0.2, 0.25) is 0 Å². The number of ether oxygens (including phenoxy) is 2. The van der Waals surface area contributed by atoms with Crippen molar-refractivity contribution in [1.29, 1.82) is 0 Å². The number of aldehydes is 1. The first kappa shape index (κ1) is 22.8. The Balaban J connectivity index is 0. The molecule has 7 nitrogen and oxygen atoms in total. The second kappa shape index (κ2) is 14.5. The molecule has 1 aliphatic rings. The Morgan fingerprint density at radius 3 is 2.50 bits per heavy atom. The molecule has 7 heteroatoms. The molecule has 0 saturated carbocycles. The van der Waals surface area contributed by atoms with Crippen LogP contribution in [-0.2, 0) is 14.3 Å². The number of urea groups is 1. The minimum atomic E-state index is -0.374. The first-order valence-corrected chi connectivity index (χ1v) is 7.35. The maximum absolute atomic E-state index is 11.8. The first-order valence-electron chi connectivity index (χ1n) is 7.35. The number of hydrogen-bond donors (Lipinski definition) is 2. The van der Waals surface area contributed by atoms with Crippen molar-refractivity contribution in [3.8, 4) is 0 Å². The predicted octanol–water partition coefficient (Wildman–Crippen LogP) is 1.37. The van der Waals surface area contributed by atoms with E-state index in [0.717, 1.165) is 13.5 Å². The smallest absolute Gasteiger partial charge is 0.323 e. The molecule has 130 valence electrons. The Morgan fingerprint density at radius 2 is 2.05 bits per heavy atom. The zero-order valence-corrected chi connectivity index (χ0v) is 14.4. The molecule has 1 rings (SSSR count).